The molecule has 1 rings (SSSR count). The second-order valence-corrected chi connectivity index (χ2v) is 3.83. The first kappa shape index (κ1) is 11.0. The van der Waals surface area contributed by atoms with E-state index in [0.717, 1.165) is 12.2 Å². The lowest BCUT2D eigenvalue weighted by atomic mass is 10.0. The van der Waals surface area contributed by atoms with E-state index in [1.807, 2.05) is 31.2 Å². The molecule has 1 heterocycles. The molecule has 1 aromatic heterocycles. The van der Waals surface area contributed by atoms with Crippen molar-refractivity contribution in [3.63, 3.8) is 0 Å². The zero-order chi connectivity index (χ0) is 10.6. The zero-order valence-electron chi connectivity index (χ0n) is 9.41. The number of rotatable bonds is 4. The van der Waals surface area contributed by atoms with Gasteiger partial charge in [0.2, 0.25) is 0 Å². The maximum atomic E-state index is 4.09. The van der Waals surface area contributed by atoms with Crippen LogP contribution >= 0.6 is 0 Å². The van der Waals surface area contributed by atoms with Crippen molar-refractivity contribution in [3.05, 3.63) is 23.8 Å². The number of hydrogen-bond acceptors (Lipinski definition) is 2. The molecule has 0 spiro atoms. The lowest BCUT2D eigenvalue weighted by Gasteiger charge is -2.10. The monoisotopic (exact) mass is 193 g/mol. The van der Waals surface area contributed by atoms with Crippen LogP contribution in [-0.2, 0) is 7.05 Å². The van der Waals surface area contributed by atoms with E-state index in [4.69, 9.17) is 0 Å². The number of aromatic nitrogens is 2. The Kier molecular flexibility index (Phi) is 3.89. The fourth-order valence-electron chi connectivity index (χ4n) is 1.32. The van der Waals surface area contributed by atoms with Crippen LogP contribution in [0, 0.1) is 5.92 Å². The fraction of sp³-hybridized carbons (Fsp3) is 0.545. The molecule has 0 bridgehead atoms. The molecular weight excluding hydrogens is 174 g/mol. The molecule has 0 aliphatic heterocycles. The second kappa shape index (κ2) is 4.96. The molecule has 3 nitrogen and oxygen atoms in total. The minimum atomic E-state index is 0.567. The Morgan fingerprint density at radius 2 is 2.36 bits per heavy atom. The fourth-order valence-corrected chi connectivity index (χ4v) is 1.32. The Morgan fingerprint density at radius 1 is 1.64 bits per heavy atom. The first-order chi connectivity index (χ1) is 6.65. The summed E-state index contributed by atoms with van der Waals surface area (Å²) in [6.07, 6.45) is 5.91. The minimum absolute atomic E-state index is 0.567. The first-order valence-electron chi connectivity index (χ1n) is 4.96. The van der Waals surface area contributed by atoms with Crippen LogP contribution in [0.4, 0.5) is 0 Å². The Hall–Kier alpha value is -1.09. The molecule has 0 atom stereocenters. The highest BCUT2D eigenvalue weighted by molar-refractivity contribution is 5.49. The second-order valence-electron chi connectivity index (χ2n) is 3.83. The van der Waals surface area contributed by atoms with Crippen LogP contribution in [0.3, 0.4) is 0 Å². The van der Waals surface area contributed by atoms with Gasteiger partial charge in [-0.05, 0) is 19.0 Å². The summed E-state index contributed by atoms with van der Waals surface area (Å²) in [6.45, 7) is 5.35. The summed E-state index contributed by atoms with van der Waals surface area (Å²) in [5, 5.41) is 3.18. The van der Waals surface area contributed by atoms with Crippen LogP contribution < -0.4 is 5.32 Å². The summed E-state index contributed by atoms with van der Waals surface area (Å²) in [6, 6.07) is 0. The van der Waals surface area contributed by atoms with Crippen LogP contribution in [0.25, 0.3) is 6.08 Å². The third-order valence-corrected chi connectivity index (χ3v) is 2.31. The lowest BCUT2D eigenvalue weighted by molar-refractivity contribution is 0.711. The number of hydrogen-bond donors (Lipinski definition) is 1. The van der Waals surface area contributed by atoms with Crippen molar-refractivity contribution in [2.24, 2.45) is 13.0 Å². The summed E-state index contributed by atoms with van der Waals surface area (Å²) >= 11 is 0. The molecule has 1 N–H and O–H groups in total. The summed E-state index contributed by atoms with van der Waals surface area (Å²) in [7, 11) is 3.98. The van der Waals surface area contributed by atoms with E-state index in [9.17, 15) is 0 Å². The number of nitrogens with one attached hydrogen (secondary N) is 1. The van der Waals surface area contributed by atoms with Crippen molar-refractivity contribution in [2.45, 2.75) is 13.8 Å². The van der Waals surface area contributed by atoms with Crippen molar-refractivity contribution in [3.8, 4) is 0 Å². The van der Waals surface area contributed by atoms with Crippen molar-refractivity contribution >= 4 is 6.08 Å². The average molecular weight is 193 g/mol. The van der Waals surface area contributed by atoms with E-state index in [1.54, 1.807) is 0 Å². The standard InChI is InChI=1S/C11H19N3/c1-9(2)10(6-12-3)5-11-7-13-8-14(11)4/h5,7-9,12H,6H2,1-4H3. The first-order valence-corrected chi connectivity index (χ1v) is 4.96. The van der Waals surface area contributed by atoms with Crippen molar-refractivity contribution < 1.29 is 0 Å². The van der Waals surface area contributed by atoms with E-state index in [1.165, 1.54) is 5.57 Å². The minimum Gasteiger partial charge on any atom is -0.334 e. The van der Waals surface area contributed by atoms with E-state index < -0.39 is 0 Å². The van der Waals surface area contributed by atoms with E-state index in [-0.39, 0.29) is 0 Å². The predicted molar refractivity (Wildman–Crippen MR) is 59.9 cm³/mol. The zero-order valence-corrected chi connectivity index (χ0v) is 9.41. The van der Waals surface area contributed by atoms with E-state index >= 15 is 0 Å². The molecule has 0 saturated heterocycles. The summed E-state index contributed by atoms with van der Waals surface area (Å²) in [5.74, 6) is 0.567. The molecule has 0 aliphatic carbocycles. The maximum Gasteiger partial charge on any atom is 0.0948 e. The van der Waals surface area contributed by atoms with Crippen molar-refractivity contribution in [1.82, 2.24) is 14.9 Å². The van der Waals surface area contributed by atoms with Gasteiger partial charge in [0.1, 0.15) is 0 Å². The molecule has 3 heteroatoms. The molecule has 0 fully saturated rings. The normalized spacial score (nSPS) is 12.5. The summed E-state index contributed by atoms with van der Waals surface area (Å²) < 4.78 is 2.03. The van der Waals surface area contributed by atoms with Gasteiger partial charge in [0.15, 0.2) is 0 Å². The van der Waals surface area contributed by atoms with Crippen LogP contribution in [-0.4, -0.2) is 23.1 Å². The molecule has 14 heavy (non-hydrogen) atoms. The van der Waals surface area contributed by atoms with Crippen LogP contribution in [0.5, 0.6) is 0 Å². The Morgan fingerprint density at radius 3 is 2.79 bits per heavy atom. The Balaban J connectivity index is 2.87. The summed E-state index contributed by atoms with van der Waals surface area (Å²) in [5.41, 5.74) is 2.56. The van der Waals surface area contributed by atoms with Gasteiger partial charge in [-0.25, -0.2) is 4.98 Å². The van der Waals surface area contributed by atoms with Crippen molar-refractivity contribution in [2.75, 3.05) is 13.6 Å². The van der Waals surface area contributed by atoms with E-state index in [2.05, 4.69) is 30.2 Å². The molecule has 0 unspecified atom stereocenters. The Bertz CT molecular complexity index is 310. The SMILES string of the molecule is CNCC(=Cc1cncn1C)C(C)C. The lowest BCUT2D eigenvalue weighted by Crippen LogP contribution is -2.14. The number of aryl methyl sites for hydroxylation is 1. The highest BCUT2D eigenvalue weighted by Crippen LogP contribution is 2.13. The molecule has 0 radical (unpaired) electrons. The van der Waals surface area contributed by atoms with Gasteiger partial charge in [0.05, 0.1) is 18.2 Å². The highest BCUT2D eigenvalue weighted by Gasteiger charge is 2.03. The van der Waals surface area contributed by atoms with Gasteiger partial charge >= 0.3 is 0 Å². The summed E-state index contributed by atoms with van der Waals surface area (Å²) in [4.78, 5) is 4.09. The maximum absolute atomic E-state index is 4.09. The van der Waals surface area contributed by atoms with Gasteiger partial charge < -0.3 is 9.88 Å². The van der Waals surface area contributed by atoms with Gasteiger partial charge in [0.25, 0.3) is 0 Å². The number of imidazole rings is 1. The highest BCUT2D eigenvalue weighted by atomic mass is 15.0. The molecule has 78 valence electrons. The largest absolute Gasteiger partial charge is 0.334 e. The molecule has 0 amide bonds. The number of nitrogens with zero attached hydrogens (tertiary/aromatic N) is 2. The van der Waals surface area contributed by atoms with Crippen LogP contribution in [0.15, 0.2) is 18.1 Å². The van der Waals surface area contributed by atoms with Crippen LogP contribution in [0.2, 0.25) is 0 Å². The number of likely N-dealkylation sites (N-methyl/N-ethyl adjacent to an activating group) is 1. The average Bonchev–Trinajstić information content (AvgIpc) is 2.51. The smallest absolute Gasteiger partial charge is 0.0948 e. The van der Waals surface area contributed by atoms with Crippen molar-refractivity contribution in [1.29, 1.82) is 0 Å². The molecule has 1 aromatic rings. The van der Waals surface area contributed by atoms with Gasteiger partial charge in [-0.1, -0.05) is 19.4 Å². The third-order valence-electron chi connectivity index (χ3n) is 2.31. The van der Waals surface area contributed by atoms with E-state index in [0.29, 0.717) is 5.92 Å². The quantitative estimate of drug-likeness (QED) is 0.788. The van der Waals surface area contributed by atoms with Gasteiger partial charge in [0, 0.05) is 13.6 Å². The molecule has 0 aromatic carbocycles. The Labute approximate surface area is 85.8 Å². The van der Waals surface area contributed by atoms with Gasteiger partial charge in [-0.3, -0.25) is 0 Å². The predicted octanol–water partition coefficient (Wildman–Crippen LogP) is 1.68. The van der Waals surface area contributed by atoms with Gasteiger partial charge in [-0.15, -0.1) is 0 Å². The third kappa shape index (κ3) is 2.70. The molecule has 0 saturated carbocycles. The molecular formula is C11H19N3. The van der Waals surface area contributed by atoms with Crippen LogP contribution in [0.1, 0.15) is 19.5 Å². The topological polar surface area (TPSA) is 29.9 Å². The molecule has 0 aliphatic rings. The van der Waals surface area contributed by atoms with Gasteiger partial charge in [-0.2, -0.15) is 0 Å².